The highest BCUT2D eigenvalue weighted by atomic mass is 79.9. The minimum absolute atomic E-state index is 0.554. The normalized spacial score (nSPS) is 11.9. The molecule has 0 saturated carbocycles. The molecule has 0 atom stereocenters. The topological polar surface area (TPSA) is 61.7 Å². The van der Waals surface area contributed by atoms with Crippen molar-refractivity contribution in [3.8, 4) is 45.5 Å². The van der Waals surface area contributed by atoms with Gasteiger partial charge in [0.2, 0.25) is 0 Å². The van der Waals surface area contributed by atoms with E-state index in [4.69, 9.17) is 19.4 Å². The molecule has 0 aliphatic rings. The molecule has 4 aromatic heterocycles. The van der Waals surface area contributed by atoms with Crippen molar-refractivity contribution in [3.05, 3.63) is 186 Å². The fraction of sp³-hybridized carbons (Fsp3) is 0. The Labute approximate surface area is 340 Å². The first-order chi connectivity index (χ1) is 28.7. The lowest BCUT2D eigenvalue weighted by atomic mass is 10.0. The van der Waals surface area contributed by atoms with Gasteiger partial charge in [-0.2, -0.15) is 0 Å². The molecule has 7 heteroatoms. The zero-order valence-corrected chi connectivity index (χ0v) is 32.4. The first-order valence-electron chi connectivity index (χ1n) is 19.2. The van der Waals surface area contributed by atoms with E-state index >= 15 is 0 Å². The van der Waals surface area contributed by atoms with Crippen molar-refractivity contribution >= 4 is 81.5 Å². The monoisotopic (exact) mass is 807 g/mol. The average molecular weight is 809 g/mol. The van der Waals surface area contributed by atoms with Crippen molar-refractivity contribution < 1.29 is 4.42 Å². The van der Waals surface area contributed by atoms with Gasteiger partial charge in [-0.05, 0) is 52.3 Å². The van der Waals surface area contributed by atoms with Crippen LogP contribution in [0.3, 0.4) is 0 Å². The summed E-state index contributed by atoms with van der Waals surface area (Å²) in [6, 6.07) is 63.2. The number of nitrogens with zero attached hydrogens (tertiary/aromatic N) is 5. The van der Waals surface area contributed by atoms with E-state index in [-0.39, 0.29) is 0 Å². The number of benzene rings is 8. The third kappa shape index (κ3) is 4.87. The lowest BCUT2D eigenvalue weighted by Crippen LogP contribution is -2.08. The second-order valence-electron chi connectivity index (χ2n) is 14.5. The molecule has 58 heavy (non-hydrogen) atoms. The number of fused-ring (bicyclic) bond motifs is 9. The Kier molecular flexibility index (Phi) is 7.28. The van der Waals surface area contributed by atoms with Crippen LogP contribution in [0.25, 0.3) is 111 Å². The standard InChI is InChI=1S/C51H30BrN5O/c52-40-25-15-24-37-38-30-39(51-54-49(31-16-3-1-4-17-31)53-50(55-51)32-18-5-2-6-19-32)45(56-41-26-11-7-20-33(41)34-21-8-12-27-42(34)56)46(48(38)58-47(37)40)57-43-28-13-9-22-35(43)36-23-10-14-29-44(36)57/h1-30H. The number of hydrogen-bond acceptors (Lipinski definition) is 4. The van der Waals surface area contributed by atoms with Crippen LogP contribution >= 0.6 is 15.9 Å². The van der Waals surface area contributed by atoms with Gasteiger partial charge in [0.1, 0.15) is 11.3 Å². The molecule has 0 bridgehead atoms. The molecule has 12 rings (SSSR count). The van der Waals surface area contributed by atoms with E-state index in [9.17, 15) is 0 Å². The minimum atomic E-state index is 0.554. The summed E-state index contributed by atoms with van der Waals surface area (Å²) in [5.74, 6) is 1.74. The molecule has 0 spiro atoms. The SMILES string of the molecule is Brc1cccc2c1oc1c(-n3c4ccccc4c4ccccc43)c(-n3c4ccccc4c4ccccc43)c(-c3nc(-c4ccccc4)nc(-c4ccccc4)n3)cc12. The number of rotatable bonds is 5. The van der Waals surface area contributed by atoms with E-state index in [2.05, 4.69) is 165 Å². The Hall–Kier alpha value is -7.35. The van der Waals surface area contributed by atoms with Crippen LogP contribution in [0.15, 0.2) is 191 Å². The quantitative estimate of drug-likeness (QED) is 0.174. The highest BCUT2D eigenvalue weighted by Gasteiger charge is 2.29. The Bertz CT molecular complexity index is 3420. The predicted octanol–water partition coefficient (Wildman–Crippen LogP) is 13.7. The Morgan fingerprint density at radius 2 is 0.776 bits per heavy atom. The van der Waals surface area contributed by atoms with Gasteiger partial charge in [-0.25, -0.2) is 15.0 Å². The van der Waals surface area contributed by atoms with Gasteiger partial charge in [-0.1, -0.05) is 146 Å². The van der Waals surface area contributed by atoms with Crippen LogP contribution in [-0.4, -0.2) is 24.1 Å². The third-order valence-electron chi connectivity index (χ3n) is 11.2. The number of furan rings is 1. The molecule has 0 aliphatic heterocycles. The van der Waals surface area contributed by atoms with Gasteiger partial charge in [-0.3, -0.25) is 0 Å². The van der Waals surface area contributed by atoms with Crippen molar-refractivity contribution in [3.63, 3.8) is 0 Å². The third-order valence-corrected chi connectivity index (χ3v) is 11.9. The zero-order valence-electron chi connectivity index (χ0n) is 30.8. The number of para-hydroxylation sites is 5. The summed E-state index contributed by atoms with van der Waals surface area (Å²) in [4.78, 5) is 15.9. The van der Waals surface area contributed by atoms with Crippen LogP contribution in [0.4, 0.5) is 0 Å². The van der Waals surface area contributed by atoms with Crippen molar-refractivity contribution in [1.82, 2.24) is 24.1 Å². The van der Waals surface area contributed by atoms with Crippen molar-refractivity contribution in [1.29, 1.82) is 0 Å². The maximum atomic E-state index is 7.14. The summed E-state index contributed by atoms with van der Waals surface area (Å²) < 4.78 is 12.8. The van der Waals surface area contributed by atoms with Crippen molar-refractivity contribution in [2.24, 2.45) is 0 Å². The van der Waals surface area contributed by atoms with Gasteiger partial charge < -0.3 is 13.6 Å². The van der Waals surface area contributed by atoms with E-state index in [0.717, 1.165) is 98.1 Å². The number of halogens is 1. The summed E-state index contributed by atoms with van der Waals surface area (Å²) in [6.45, 7) is 0. The second-order valence-corrected chi connectivity index (χ2v) is 15.3. The fourth-order valence-corrected chi connectivity index (χ4v) is 9.18. The number of aromatic nitrogens is 5. The van der Waals surface area contributed by atoms with Gasteiger partial charge in [0.15, 0.2) is 23.1 Å². The molecule has 0 N–H and O–H groups in total. The molecule has 8 aromatic carbocycles. The van der Waals surface area contributed by atoms with Crippen LogP contribution in [0, 0.1) is 0 Å². The molecule has 4 heterocycles. The molecular weight excluding hydrogens is 778 g/mol. The van der Waals surface area contributed by atoms with Crippen molar-refractivity contribution in [2.75, 3.05) is 0 Å². The maximum absolute atomic E-state index is 7.14. The van der Waals surface area contributed by atoms with Gasteiger partial charge in [0.25, 0.3) is 0 Å². The summed E-state index contributed by atoms with van der Waals surface area (Å²) in [5, 5.41) is 6.54. The molecular formula is C51H30BrN5O. The van der Waals surface area contributed by atoms with Gasteiger partial charge in [0.05, 0.1) is 32.2 Å². The van der Waals surface area contributed by atoms with Gasteiger partial charge in [-0.15, -0.1) is 0 Å². The van der Waals surface area contributed by atoms with E-state index in [1.165, 1.54) is 0 Å². The molecule has 0 unspecified atom stereocenters. The van der Waals surface area contributed by atoms with Gasteiger partial charge >= 0.3 is 0 Å². The van der Waals surface area contributed by atoms with E-state index in [0.29, 0.717) is 17.5 Å². The molecule has 0 radical (unpaired) electrons. The summed E-state index contributed by atoms with van der Waals surface area (Å²) in [5.41, 5.74) is 10.2. The molecule has 6 nitrogen and oxygen atoms in total. The van der Waals surface area contributed by atoms with Crippen LogP contribution < -0.4 is 0 Å². The van der Waals surface area contributed by atoms with Gasteiger partial charge in [0, 0.05) is 49.0 Å². The molecule has 272 valence electrons. The summed E-state index contributed by atoms with van der Waals surface area (Å²) >= 11 is 3.85. The van der Waals surface area contributed by atoms with E-state index in [1.807, 2.05) is 42.5 Å². The Morgan fingerprint density at radius 3 is 1.28 bits per heavy atom. The highest BCUT2D eigenvalue weighted by molar-refractivity contribution is 9.10. The summed E-state index contributed by atoms with van der Waals surface area (Å²) in [7, 11) is 0. The zero-order chi connectivity index (χ0) is 38.3. The minimum Gasteiger partial charge on any atom is -0.453 e. The average Bonchev–Trinajstić information content (AvgIpc) is 3.95. The van der Waals surface area contributed by atoms with Crippen LogP contribution in [0.2, 0.25) is 0 Å². The molecule has 0 saturated heterocycles. The van der Waals surface area contributed by atoms with Crippen molar-refractivity contribution in [2.45, 2.75) is 0 Å². The highest BCUT2D eigenvalue weighted by Crippen LogP contribution is 2.48. The smallest absolute Gasteiger partial charge is 0.166 e. The summed E-state index contributed by atoms with van der Waals surface area (Å²) in [6.07, 6.45) is 0. The van der Waals surface area contributed by atoms with E-state index < -0.39 is 0 Å². The van der Waals surface area contributed by atoms with E-state index in [1.54, 1.807) is 0 Å². The fourth-order valence-electron chi connectivity index (χ4n) is 8.73. The van der Waals surface area contributed by atoms with Crippen LogP contribution in [0.5, 0.6) is 0 Å². The molecule has 0 amide bonds. The first-order valence-corrected chi connectivity index (χ1v) is 20.0. The van der Waals surface area contributed by atoms with Crippen LogP contribution in [-0.2, 0) is 0 Å². The molecule has 0 aliphatic carbocycles. The molecule has 12 aromatic rings. The lowest BCUT2D eigenvalue weighted by Gasteiger charge is -2.21. The first kappa shape index (κ1) is 32.9. The largest absolute Gasteiger partial charge is 0.453 e. The predicted molar refractivity (Wildman–Crippen MR) is 240 cm³/mol. The molecule has 0 fully saturated rings. The second kappa shape index (κ2) is 12.8. The Balaban J connectivity index is 1.35. The number of hydrogen-bond donors (Lipinski definition) is 0. The Morgan fingerprint density at radius 1 is 0.362 bits per heavy atom. The van der Waals surface area contributed by atoms with Crippen LogP contribution in [0.1, 0.15) is 0 Å². The maximum Gasteiger partial charge on any atom is 0.166 e. The lowest BCUT2D eigenvalue weighted by molar-refractivity contribution is 0.664.